The van der Waals surface area contributed by atoms with Gasteiger partial charge in [0.2, 0.25) is 0 Å². The lowest BCUT2D eigenvalue weighted by atomic mass is 9.77. The van der Waals surface area contributed by atoms with Crippen LogP contribution >= 0.6 is 0 Å². The molecule has 1 aromatic heterocycles. The van der Waals surface area contributed by atoms with Gasteiger partial charge in [0.25, 0.3) is 0 Å². The van der Waals surface area contributed by atoms with Gasteiger partial charge < -0.3 is 15.5 Å². The Bertz CT molecular complexity index is 837. The number of aliphatic hydroxyl groups is 1. The van der Waals surface area contributed by atoms with Crippen molar-refractivity contribution in [2.24, 2.45) is 0 Å². The summed E-state index contributed by atoms with van der Waals surface area (Å²) in [5, 5.41) is 32.7. The number of phenolic OH excluding ortho intramolecular Hbond substituents is 1. The Morgan fingerprint density at radius 3 is 2.60 bits per heavy atom. The predicted molar refractivity (Wildman–Crippen MR) is 97.9 cm³/mol. The zero-order valence-electron chi connectivity index (χ0n) is 15.1. The number of fused-ring (bicyclic) bond motifs is 1. The zero-order valence-corrected chi connectivity index (χ0v) is 15.1. The molecule has 1 heterocycles. The summed E-state index contributed by atoms with van der Waals surface area (Å²) < 4.78 is 0. The van der Waals surface area contributed by atoms with Gasteiger partial charge in [0, 0.05) is 11.6 Å². The summed E-state index contributed by atoms with van der Waals surface area (Å²) in [6.45, 7) is 5.90. The molecular formula is C20H25N3O2. The van der Waals surface area contributed by atoms with Crippen molar-refractivity contribution in [1.29, 1.82) is 0 Å². The molecule has 0 amide bonds. The van der Waals surface area contributed by atoms with Gasteiger partial charge in [0.15, 0.2) is 5.82 Å². The monoisotopic (exact) mass is 339 g/mol. The molecule has 2 aliphatic rings. The standard InChI is InChI=1S/C20H25N3O2/c1-11-12(2)19(21-14-9-20(3,25)10-14)23-22-17(11)16-8-7-13-5-4-6-15(13)18(16)24/h7-8,14,24-25H,4-6,9-10H2,1-3H3,(H,21,23). The third-order valence-electron chi connectivity index (χ3n) is 5.74. The topological polar surface area (TPSA) is 78.3 Å². The first-order valence-corrected chi connectivity index (χ1v) is 9.02. The van der Waals surface area contributed by atoms with Gasteiger partial charge in [-0.15, -0.1) is 10.2 Å². The van der Waals surface area contributed by atoms with Crippen molar-refractivity contribution in [2.75, 3.05) is 5.32 Å². The first-order chi connectivity index (χ1) is 11.9. The van der Waals surface area contributed by atoms with Crippen LogP contribution in [0.15, 0.2) is 12.1 Å². The fraction of sp³-hybridized carbons (Fsp3) is 0.500. The summed E-state index contributed by atoms with van der Waals surface area (Å²) in [6, 6.07) is 4.31. The van der Waals surface area contributed by atoms with Crippen molar-refractivity contribution in [1.82, 2.24) is 10.2 Å². The molecule has 1 aromatic carbocycles. The third-order valence-corrected chi connectivity index (χ3v) is 5.74. The zero-order chi connectivity index (χ0) is 17.8. The second-order valence-electron chi connectivity index (χ2n) is 7.85. The highest BCUT2D eigenvalue weighted by atomic mass is 16.3. The van der Waals surface area contributed by atoms with Crippen LogP contribution in [0.5, 0.6) is 5.75 Å². The Hall–Kier alpha value is -2.14. The molecule has 0 unspecified atom stereocenters. The van der Waals surface area contributed by atoms with E-state index in [4.69, 9.17) is 0 Å². The van der Waals surface area contributed by atoms with E-state index >= 15 is 0 Å². The second kappa shape index (κ2) is 5.70. The normalized spacial score (nSPS) is 24.7. The minimum absolute atomic E-state index is 0.238. The molecule has 0 saturated heterocycles. The van der Waals surface area contributed by atoms with E-state index in [-0.39, 0.29) is 6.04 Å². The van der Waals surface area contributed by atoms with E-state index in [1.807, 2.05) is 26.8 Å². The highest BCUT2D eigenvalue weighted by Crippen LogP contribution is 2.40. The van der Waals surface area contributed by atoms with Crippen LogP contribution < -0.4 is 5.32 Å². The van der Waals surface area contributed by atoms with Crippen LogP contribution in [0.4, 0.5) is 5.82 Å². The summed E-state index contributed by atoms with van der Waals surface area (Å²) in [5.41, 5.74) is 5.33. The molecule has 1 saturated carbocycles. The molecule has 0 bridgehead atoms. The quantitative estimate of drug-likeness (QED) is 0.800. The van der Waals surface area contributed by atoms with E-state index in [9.17, 15) is 10.2 Å². The summed E-state index contributed by atoms with van der Waals surface area (Å²) >= 11 is 0. The van der Waals surface area contributed by atoms with Gasteiger partial charge in [-0.2, -0.15) is 0 Å². The number of aryl methyl sites for hydroxylation is 1. The number of nitrogens with zero attached hydrogens (tertiary/aromatic N) is 2. The smallest absolute Gasteiger partial charge is 0.152 e. The summed E-state index contributed by atoms with van der Waals surface area (Å²) in [5.74, 6) is 1.13. The molecule has 1 fully saturated rings. The summed E-state index contributed by atoms with van der Waals surface area (Å²) in [4.78, 5) is 0. The number of hydrogen-bond acceptors (Lipinski definition) is 5. The Balaban J connectivity index is 1.65. The number of nitrogens with one attached hydrogen (secondary N) is 1. The van der Waals surface area contributed by atoms with Gasteiger partial charge in [0.1, 0.15) is 5.75 Å². The summed E-state index contributed by atoms with van der Waals surface area (Å²) in [6.07, 6.45) is 4.52. The van der Waals surface area contributed by atoms with Crippen molar-refractivity contribution in [3.63, 3.8) is 0 Å². The Labute approximate surface area is 148 Å². The molecule has 0 radical (unpaired) electrons. The highest BCUT2D eigenvalue weighted by molar-refractivity contribution is 5.74. The molecule has 3 N–H and O–H groups in total. The first kappa shape index (κ1) is 16.3. The van der Waals surface area contributed by atoms with Crippen LogP contribution in [0.2, 0.25) is 0 Å². The summed E-state index contributed by atoms with van der Waals surface area (Å²) in [7, 11) is 0. The fourth-order valence-electron chi connectivity index (χ4n) is 4.13. The predicted octanol–water partition coefficient (Wildman–Crippen LogP) is 3.28. The van der Waals surface area contributed by atoms with E-state index in [1.165, 1.54) is 5.56 Å². The van der Waals surface area contributed by atoms with Crippen molar-refractivity contribution >= 4 is 5.82 Å². The Morgan fingerprint density at radius 2 is 1.88 bits per heavy atom. The maximum atomic E-state index is 10.7. The second-order valence-corrected chi connectivity index (χ2v) is 7.85. The van der Waals surface area contributed by atoms with Crippen LogP contribution in [-0.4, -0.2) is 32.1 Å². The maximum absolute atomic E-state index is 10.7. The van der Waals surface area contributed by atoms with E-state index in [2.05, 4.69) is 21.6 Å². The van der Waals surface area contributed by atoms with Crippen LogP contribution in [-0.2, 0) is 12.8 Å². The van der Waals surface area contributed by atoms with Crippen LogP contribution in [0, 0.1) is 13.8 Å². The molecule has 2 aromatic rings. The molecule has 5 heteroatoms. The van der Waals surface area contributed by atoms with Gasteiger partial charge in [-0.25, -0.2) is 0 Å². The lowest BCUT2D eigenvalue weighted by Gasteiger charge is -2.41. The van der Waals surface area contributed by atoms with Crippen LogP contribution in [0.25, 0.3) is 11.3 Å². The highest BCUT2D eigenvalue weighted by Gasteiger charge is 2.38. The lowest BCUT2D eigenvalue weighted by molar-refractivity contribution is -0.0235. The number of anilines is 1. The Morgan fingerprint density at radius 1 is 1.12 bits per heavy atom. The third kappa shape index (κ3) is 2.76. The first-order valence-electron chi connectivity index (χ1n) is 9.02. The molecule has 0 atom stereocenters. The number of phenols is 1. The van der Waals surface area contributed by atoms with E-state index in [0.29, 0.717) is 5.75 Å². The molecule has 2 aliphatic carbocycles. The number of aromatic hydroxyl groups is 1. The van der Waals surface area contributed by atoms with Gasteiger partial charge >= 0.3 is 0 Å². The van der Waals surface area contributed by atoms with Crippen LogP contribution in [0.1, 0.15) is 48.4 Å². The van der Waals surface area contributed by atoms with Crippen molar-refractivity contribution in [3.05, 3.63) is 34.4 Å². The minimum Gasteiger partial charge on any atom is -0.507 e. The molecule has 0 aliphatic heterocycles. The molecule has 5 nitrogen and oxygen atoms in total. The van der Waals surface area contributed by atoms with E-state index in [0.717, 1.165) is 65.9 Å². The molecule has 0 spiro atoms. The number of rotatable bonds is 3. The average molecular weight is 339 g/mol. The SMILES string of the molecule is Cc1c(NC2CC(C)(O)C2)nnc(-c2ccc3c(c2O)CCC3)c1C. The van der Waals surface area contributed by atoms with E-state index in [1.54, 1.807) is 0 Å². The van der Waals surface area contributed by atoms with Gasteiger partial charge in [0.05, 0.1) is 11.3 Å². The number of hydrogen-bond donors (Lipinski definition) is 3. The van der Waals surface area contributed by atoms with Crippen molar-refractivity contribution in [2.45, 2.75) is 64.5 Å². The number of aromatic nitrogens is 2. The maximum Gasteiger partial charge on any atom is 0.152 e. The van der Waals surface area contributed by atoms with Crippen molar-refractivity contribution in [3.8, 4) is 17.0 Å². The van der Waals surface area contributed by atoms with Gasteiger partial charge in [-0.05, 0) is 81.2 Å². The average Bonchev–Trinajstić information content (AvgIpc) is 3.01. The number of benzene rings is 1. The molecule has 132 valence electrons. The molecule has 4 rings (SSSR count). The largest absolute Gasteiger partial charge is 0.507 e. The van der Waals surface area contributed by atoms with Crippen molar-refractivity contribution < 1.29 is 10.2 Å². The minimum atomic E-state index is -0.565. The lowest BCUT2D eigenvalue weighted by Crippen LogP contribution is -2.48. The van der Waals surface area contributed by atoms with Crippen LogP contribution in [0.3, 0.4) is 0 Å². The van der Waals surface area contributed by atoms with Gasteiger partial charge in [-0.3, -0.25) is 0 Å². The molecule has 25 heavy (non-hydrogen) atoms. The van der Waals surface area contributed by atoms with E-state index < -0.39 is 5.60 Å². The Kier molecular flexibility index (Phi) is 3.72. The fourth-order valence-corrected chi connectivity index (χ4v) is 4.13. The van der Waals surface area contributed by atoms with Gasteiger partial charge in [-0.1, -0.05) is 6.07 Å². The molecular weight excluding hydrogens is 314 g/mol.